The van der Waals surface area contributed by atoms with Crippen LogP contribution in [0, 0.1) is 11.3 Å². The lowest BCUT2D eigenvalue weighted by Gasteiger charge is -2.34. The summed E-state index contributed by atoms with van der Waals surface area (Å²) in [6.45, 7) is 4.98. The normalized spacial score (nSPS) is 21.5. The maximum atomic E-state index is 12.3. The van der Waals surface area contributed by atoms with Gasteiger partial charge in [0.25, 0.3) is 0 Å². The fourth-order valence-corrected chi connectivity index (χ4v) is 4.65. The van der Waals surface area contributed by atoms with Crippen molar-refractivity contribution in [1.29, 1.82) is 5.26 Å². The monoisotopic (exact) mass is 366 g/mol. The van der Waals surface area contributed by atoms with Crippen LogP contribution >= 0.6 is 22.9 Å². The summed E-state index contributed by atoms with van der Waals surface area (Å²) < 4.78 is 0.832. The smallest absolute Gasteiger partial charge is 0.235 e. The molecule has 1 N–H and O–H groups in total. The van der Waals surface area contributed by atoms with Crippen molar-refractivity contribution in [3.05, 3.63) is 21.3 Å². The van der Waals surface area contributed by atoms with E-state index in [1.165, 1.54) is 4.88 Å². The first kappa shape index (κ1) is 17.7. The molecule has 1 saturated heterocycles. The van der Waals surface area contributed by atoms with E-state index in [9.17, 15) is 10.1 Å². The third-order valence-electron chi connectivity index (χ3n) is 4.89. The van der Waals surface area contributed by atoms with Gasteiger partial charge in [0.2, 0.25) is 5.91 Å². The molecule has 1 amide bonds. The van der Waals surface area contributed by atoms with Gasteiger partial charge >= 0.3 is 0 Å². The highest BCUT2D eigenvalue weighted by molar-refractivity contribution is 7.16. The van der Waals surface area contributed by atoms with Crippen molar-refractivity contribution in [3.8, 4) is 6.07 Å². The van der Waals surface area contributed by atoms with Crippen LogP contribution in [0.2, 0.25) is 4.34 Å². The van der Waals surface area contributed by atoms with Gasteiger partial charge < -0.3 is 5.32 Å². The van der Waals surface area contributed by atoms with E-state index in [0.717, 1.165) is 62.7 Å². The van der Waals surface area contributed by atoms with E-state index >= 15 is 0 Å². The second-order valence-electron chi connectivity index (χ2n) is 6.71. The average Bonchev–Trinajstić information content (AvgIpc) is 3.19. The van der Waals surface area contributed by atoms with Crippen LogP contribution in [-0.2, 0) is 11.3 Å². The number of nitriles is 1. The number of nitrogens with zero attached hydrogens (tertiary/aromatic N) is 3. The first-order chi connectivity index (χ1) is 11.6. The number of halogens is 1. The fourth-order valence-electron chi connectivity index (χ4n) is 3.52. The minimum absolute atomic E-state index is 0.0167. The van der Waals surface area contributed by atoms with Crippen LogP contribution in [-0.4, -0.2) is 54.0 Å². The molecule has 1 saturated carbocycles. The third-order valence-corrected chi connectivity index (χ3v) is 6.11. The highest BCUT2D eigenvalue weighted by Crippen LogP contribution is 2.28. The topological polar surface area (TPSA) is 59.4 Å². The molecule has 1 aliphatic carbocycles. The molecule has 0 spiro atoms. The highest BCUT2D eigenvalue weighted by atomic mass is 35.5. The molecule has 1 aromatic heterocycles. The summed E-state index contributed by atoms with van der Waals surface area (Å²) in [5.74, 6) is -0.0167. The number of carbonyl (C=O) groups is 1. The molecule has 0 atom stereocenters. The van der Waals surface area contributed by atoms with Crippen LogP contribution in [0.15, 0.2) is 12.1 Å². The number of rotatable bonds is 5. The number of piperazine rings is 1. The van der Waals surface area contributed by atoms with E-state index < -0.39 is 5.54 Å². The number of hydrogen-bond acceptors (Lipinski definition) is 5. The molecule has 0 aromatic carbocycles. The van der Waals surface area contributed by atoms with Gasteiger partial charge in [-0.25, -0.2) is 0 Å². The van der Waals surface area contributed by atoms with Crippen LogP contribution in [0.25, 0.3) is 0 Å². The van der Waals surface area contributed by atoms with Crippen molar-refractivity contribution in [2.75, 3.05) is 32.7 Å². The zero-order chi connectivity index (χ0) is 17.0. The molecule has 0 bridgehead atoms. The van der Waals surface area contributed by atoms with Gasteiger partial charge in [-0.3, -0.25) is 14.6 Å². The molecule has 0 radical (unpaired) electrons. The molecule has 2 aliphatic rings. The van der Waals surface area contributed by atoms with Crippen molar-refractivity contribution in [2.24, 2.45) is 0 Å². The second-order valence-corrected chi connectivity index (χ2v) is 8.51. The van der Waals surface area contributed by atoms with Crippen LogP contribution in [0.1, 0.15) is 30.6 Å². The zero-order valence-electron chi connectivity index (χ0n) is 13.8. The molecule has 24 heavy (non-hydrogen) atoms. The summed E-state index contributed by atoms with van der Waals surface area (Å²) >= 11 is 7.60. The standard InChI is InChI=1S/C17H23ClN4OS/c18-15-4-3-14(24-15)11-21-7-9-22(10-8-21)12-16(23)20-17(13-19)5-1-2-6-17/h3-4H,1-2,5-12H2,(H,20,23). The Balaban J connectivity index is 1.42. The Labute approximate surface area is 152 Å². The first-order valence-corrected chi connectivity index (χ1v) is 9.69. The van der Waals surface area contributed by atoms with Crippen molar-refractivity contribution in [1.82, 2.24) is 15.1 Å². The molecule has 0 unspecified atom stereocenters. The molecule has 1 aromatic rings. The quantitative estimate of drug-likeness (QED) is 0.869. The minimum atomic E-state index is -0.614. The number of carbonyl (C=O) groups excluding carboxylic acids is 1. The Kier molecular flexibility index (Phi) is 5.77. The van der Waals surface area contributed by atoms with Gasteiger partial charge in [0.1, 0.15) is 5.54 Å². The van der Waals surface area contributed by atoms with Crippen molar-refractivity contribution in [2.45, 2.75) is 37.8 Å². The lowest BCUT2D eigenvalue weighted by Crippen LogP contribution is -2.52. The van der Waals surface area contributed by atoms with Gasteiger partial charge in [-0.15, -0.1) is 11.3 Å². The van der Waals surface area contributed by atoms with Gasteiger partial charge in [-0.2, -0.15) is 5.26 Å². The Morgan fingerprint density at radius 3 is 2.50 bits per heavy atom. The Morgan fingerprint density at radius 1 is 1.25 bits per heavy atom. The largest absolute Gasteiger partial charge is 0.337 e. The summed E-state index contributed by atoms with van der Waals surface area (Å²) in [4.78, 5) is 18.1. The van der Waals surface area contributed by atoms with E-state index in [-0.39, 0.29) is 5.91 Å². The van der Waals surface area contributed by atoms with Gasteiger partial charge in [-0.1, -0.05) is 11.6 Å². The molecule has 130 valence electrons. The zero-order valence-corrected chi connectivity index (χ0v) is 15.3. The molecule has 7 heteroatoms. The predicted molar refractivity (Wildman–Crippen MR) is 96.0 cm³/mol. The van der Waals surface area contributed by atoms with Crippen molar-refractivity contribution >= 4 is 28.8 Å². The van der Waals surface area contributed by atoms with Crippen LogP contribution < -0.4 is 5.32 Å². The van der Waals surface area contributed by atoms with Crippen LogP contribution in [0.3, 0.4) is 0 Å². The van der Waals surface area contributed by atoms with E-state index in [1.807, 2.05) is 6.07 Å². The number of nitrogens with one attached hydrogen (secondary N) is 1. The van der Waals surface area contributed by atoms with Gasteiger partial charge in [0, 0.05) is 37.6 Å². The molecular weight excluding hydrogens is 344 g/mol. The third kappa shape index (κ3) is 4.48. The predicted octanol–water partition coefficient (Wildman–Crippen LogP) is 2.47. The SMILES string of the molecule is N#CC1(NC(=O)CN2CCN(Cc3ccc(Cl)s3)CC2)CCCC1. The van der Waals surface area contributed by atoms with Gasteiger partial charge in [0.05, 0.1) is 17.0 Å². The van der Waals surface area contributed by atoms with E-state index in [2.05, 4.69) is 27.3 Å². The molecule has 1 aliphatic heterocycles. The minimum Gasteiger partial charge on any atom is -0.337 e. The lowest BCUT2D eigenvalue weighted by atomic mass is 10.00. The van der Waals surface area contributed by atoms with Gasteiger partial charge in [-0.05, 0) is 37.8 Å². The van der Waals surface area contributed by atoms with E-state index in [4.69, 9.17) is 11.6 Å². The number of amides is 1. The summed E-state index contributed by atoms with van der Waals surface area (Å²) in [6.07, 6.45) is 3.62. The summed E-state index contributed by atoms with van der Waals surface area (Å²) in [5.41, 5.74) is -0.614. The summed E-state index contributed by atoms with van der Waals surface area (Å²) in [5, 5.41) is 12.3. The summed E-state index contributed by atoms with van der Waals surface area (Å²) in [7, 11) is 0. The summed E-state index contributed by atoms with van der Waals surface area (Å²) in [6, 6.07) is 6.33. The molecule has 5 nitrogen and oxygen atoms in total. The van der Waals surface area contributed by atoms with E-state index in [1.54, 1.807) is 11.3 Å². The first-order valence-electron chi connectivity index (χ1n) is 8.50. The fraction of sp³-hybridized carbons (Fsp3) is 0.647. The van der Waals surface area contributed by atoms with E-state index in [0.29, 0.717) is 6.54 Å². The van der Waals surface area contributed by atoms with Crippen molar-refractivity contribution < 1.29 is 4.79 Å². The Bertz CT molecular complexity index is 612. The molecule has 3 rings (SSSR count). The molecular formula is C17H23ClN4OS. The van der Waals surface area contributed by atoms with Crippen LogP contribution in [0.5, 0.6) is 0 Å². The number of thiophene rings is 1. The van der Waals surface area contributed by atoms with Crippen LogP contribution in [0.4, 0.5) is 0 Å². The van der Waals surface area contributed by atoms with Crippen molar-refractivity contribution in [3.63, 3.8) is 0 Å². The second kappa shape index (κ2) is 7.83. The van der Waals surface area contributed by atoms with Gasteiger partial charge in [0.15, 0.2) is 0 Å². The Morgan fingerprint density at radius 2 is 1.92 bits per heavy atom. The lowest BCUT2D eigenvalue weighted by molar-refractivity contribution is -0.124. The maximum absolute atomic E-state index is 12.3. The Hall–Kier alpha value is -1.13. The highest BCUT2D eigenvalue weighted by Gasteiger charge is 2.35. The average molecular weight is 367 g/mol. The maximum Gasteiger partial charge on any atom is 0.235 e. The molecule has 2 fully saturated rings. The number of hydrogen-bond donors (Lipinski definition) is 1. The molecule has 2 heterocycles.